The smallest absolute Gasteiger partial charge is 0.408 e. The Labute approximate surface area is 210 Å². The molecule has 0 bridgehead atoms. The van der Waals surface area contributed by atoms with Gasteiger partial charge in [0.25, 0.3) is 5.89 Å². The first-order chi connectivity index (χ1) is 16.9. The van der Waals surface area contributed by atoms with Crippen LogP contribution in [-0.4, -0.2) is 59.1 Å². The number of hydrogen-bond donors (Lipinski definition) is 3. The van der Waals surface area contributed by atoms with Crippen LogP contribution < -0.4 is 10.6 Å². The lowest BCUT2D eigenvalue weighted by Gasteiger charge is -2.26. The first kappa shape index (κ1) is 27.6. The van der Waals surface area contributed by atoms with Gasteiger partial charge in [0.15, 0.2) is 21.8 Å². The number of aliphatic hydroxyl groups is 1. The molecule has 0 aliphatic heterocycles. The molecule has 1 saturated carbocycles. The number of aliphatic hydroxyl groups excluding tert-OH is 1. The number of benzene rings is 1. The van der Waals surface area contributed by atoms with Crippen LogP contribution in [-0.2, 0) is 25.1 Å². The van der Waals surface area contributed by atoms with E-state index >= 15 is 0 Å². The molecule has 1 aromatic carbocycles. The Morgan fingerprint density at radius 1 is 1.19 bits per heavy atom. The van der Waals surface area contributed by atoms with Gasteiger partial charge in [-0.3, -0.25) is 4.79 Å². The SMILES string of the molecule is CC[C@H](NC(=O)[C@H](CS(=O)(=O)Cc1ccccc1)NC(=O)OC(C)(C)C)C(O)c1nc(C2CC2)no1. The second-order valence-corrected chi connectivity index (χ2v) is 12.1. The van der Waals surface area contributed by atoms with Crippen LogP contribution in [0, 0.1) is 0 Å². The average Bonchev–Trinajstić information content (AvgIpc) is 3.51. The minimum absolute atomic E-state index is 0.0302. The van der Waals surface area contributed by atoms with Gasteiger partial charge in [-0.2, -0.15) is 4.98 Å². The molecule has 1 aromatic heterocycles. The molecule has 1 heterocycles. The van der Waals surface area contributed by atoms with Crippen molar-refractivity contribution in [3.8, 4) is 0 Å². The molecule has 1 aliphatic rings. The number of hydrogen-bond acceptors (Lipinski definition) is 9. The molecular formula is C24H34N4O7S. The van der Waals surface area contributed by atoms with Crippen LogP contribution in [0.2, 0.25) is 0 Å². The molecule has 36 heavy (non-hydrogen) atoms. The summed E-state index contributed by atoms with van der Waals surface area (Å²) >= 11 is 0. The Balaban J connectivity index is 1.74. The van der Waals surface area contributed by atoms with Crippen LogP contribution in [0.15, 0.2) is 34.9 Å². The van der Waals surface area contributed by atoms with E-state index in [0.717, 1.165) is 12.8 Å². The number of carbonyl (C=O) groups is 2. The van der Waals surface area contributed by atoms with Crippen molar-refractivity contribution >= 4 is 21.8 Å². The molecule has 3 N–H and O–H groups in total. The summed E-state index contributed by atoms with van der Waals surface area (Å²) in [6.07, 6.45) is -0.0415. The average molecular weight is 523 g/mol. The fraction of sp³-hybridized carbons (Fsp3) is 0.583. The van der Waals surface area contributed by atoms with Crippen molar-refractivity contribution in [2.75, 3.05) is 5.75 Å². The number of nitrogens with zero attached hydrogens (tertiary/aromatic N) is 2. The highest BCUT2D eigenvalue weighted by Crippen LogP contribution is 2.38. The van der Waals surface area contributed by atoms with E-state index in [9.17, 15) is 23.1 Å². The number of carbonyl (C=O) groups excluding carboxylic acids is 2. The summed E-state index contributed by atoms with van der Waals surface area (Å²) in [4.78, 5) is 29.8. The number of sulfone groups is 1. The molecule has 12 heteroatoms. The van der Waals surface area contributed by atoms with E-state index in [0.29, 0.717) is 11.4 Å². The third kappa shape index (κ3) is 8.30. The molecule has 1 fully saturated rings. The third-order valence-corrected chi connectivity index (χ3v) is 7.07. The first-order valence-electron chi connectivity index (χ1n) is 11.9. The fourth-order valence-corrected chi connectivity index (χ4v) is 5.07. The van der Waals surface area contributed by atoms with E-state index in [-0.39, 0.29) is 24.0 Å². The summed E-state index contributed by atoms with van der Waals surface area (Å²) in [5.74, 6) is -1.04. The number of alkyl carbamates (subject to hydrolysis) is 1. The minimum Gasteiger partial charge on any atom is -0.444 e. The Morgan fingerprint density at radius 3 is 2.44 bits per heavy atom. The minimum atomic E-state index is -3.82. The van der Waals surface area contributed by atoms with E-state index in [1.807, 2.05) is 0 Å². The zero-order chi connectivity index (χ0) is 26.5. The summed E-state index contributed by atoms with van der Waals surface area (Å²) in [7, 11) is -3.82. The van der Waals surface area contributed by atoms with Gasteiger partial charge in [0.2, 0.25) is 5.91 Å². The molecule has 3 atom stereocenters. The van der Waals surface area contributed by atoms with E-state index in [1.54, 1.807) is 58.0 Å². The van der Waals surface area contributed by atoms with Crippen molar-refractivity contribution in [3.05, 3.63) is 47.6 Å². The van der Waals surface area contributed by atoms with Gasteiger partial charge in [0, 0.05) is 5.92 Å². The normalized spacial score (nSPS) is 16.6. The van der Waals surface area contributed by atoms with Crippen LogP contribution in [0.4, 0.5) is 4.79 Å². The first-order valence-corrected chi connectivity index (χ1v) is 13.7. The van der Waals surface area contributed by atoms with E-state index in [1.165, 1.54) is 0 Å². The molecule has 2 aromatic rings. The largest absolute Gasteiger partial charge is 0.444 e. The topological polar surface area (TPSA) is 161 Å². The summed E-state index contributed by atoms with van der Waals surface area (Å²) < 4.78 is 36.2. The lowest BCUT2D eigenvalue weighted by Crippen LogP contribution is -2.54. The monoisotopic (exact) mass is 522 g/mol. The molecule has 0 radical (unpaired) electrons. The zero-order valence-electron chi connectivity index (χ0n) is 20.9. The molecule has 11 nitrogen and oxygen atoms in total. The molecule has 0 spiro atoms. The maximum absolute atomic E-state index is 13.2. The van der Waals surface area contributed by atoms with Crippen molar-refractivity contribution in [1.29, 1.82) is 0 Å². The Morgan fingerprint density at radius 2 is 1.86 bits per heavy atom. The Hall–Kier alpha value is -2.99. The van der Waals surface area contributed by atoms with E-state index in [2.05, 4.69) is 20.8 Å². The second kappa shape index (κ2) is 11.4. The van der Waals surface area contributed by atoms with E-state index < -0.39 is 51.4 Å². The molecular weight excluding hydrogens is 488 g/mol. The quantitative estimate of drug-likeness (QED) is 0.402. The van der Waals surface area contributed by atoms with Crippen LogP contribution in [0.3, 0.4) is 0 Å². The highest BCUT2D eigenvalue weighted by atomic mass is 32.2. The summed E-state index contributed by atoms with van der Waals surface area (Å²) in [6, 6.07) is 6.21. The van der Waals surface area contributed by atoms with Gasteiger partial charge in [-0.1, -0.05) is 42.4 Å². The maximum atomic E-state index is 13.2. The molecule has 1 aliphatic carbocycles. The molecule has 3 rings (SSSR count). The highest BCUT2D eigenvalue weighted by molar-refractivity contribution is 7.90. The molecule has 0 saturated heterocycles. The number of nitrogens with one attached hydrogen (secondary N) is 2. The highest BCUT2D eigenvalue weighted by Gasteiger charge is 2.35. The number of amides is 2. The van der Waals surface area contributed by atoms with Gasteiger partial charge >= 0.3 is 6.09 Å². The predicted octanol–water partition coefficient (Wildman–Crippen LogP) is 2.38. The Kier molecular flexibility index (Phi) is 8.72. The van der Waals surface area contributed by atoms with Crippen molar-refractivity contribution in [2.24, 2.45) is 0 Å². The van der Waals surface area contributed by atoms with Crippen molar-refractivity contribution in [3.63, 3.8) is 0 Å². The summed E-state index contributed by atoms with van der Waals surface area (Å²) in [5.41, 5.74) is -0.299. The van der Waals surface area contributed by atoms with E-state index in [4.69, 9.17) is 9.26 Å². The van der Waals surface area contributed by atoms with Gasteiger partial charge in [-0.15, -0.1) is 0 Å². The van der Waals surface area contributed by atoms with Crippen molar-refractivity contribution in [2.45, 2.75) is 82.4 Å². The summed E-state index contributed by atoms with van der Waals surface area (Å²) in [6.45, 7) is 6.68. The zero-order valence-corrected chi connectivity index (χ0v) is 21.7. The molecule has 198 valence electrons. The number of ether oxygens (including phenoxy) is 1. The lowest BCUT2D eigenvalue weighted by molar-refractivity contribution is -0.124. The van der Waals surface area contributed by atoms with Crippen molar-refractivity contribution in [1.82, 2.24) is 20.8 Å². The number of aromatic nitrogens is 2. The van der Waals surface area contributed by atoms with Gasteiger partial charge in [-0.05, 0) is 45.6 Å². The van der Waals surface area contributed by atoms with Crippen LogP contribution in [0.25, 0.3) is 0 Å². The van der Waals surface area contributed by atoms with Gasteiger partial charge in [-0.25, -0.2) is 13.2 Å². The van der Waals surface area contributed by atoms with Gasteiger partial charge in [0.1, 0.15) is 11.6 Å². The van der Waals surface area contributed by atoms with Gasteiger partial charge in [0.05, 0.1) is 17.5 Å². The fourth-order valence-electron chi connectivity index (χ4n) is 3.51. The third-order valence-electron chi connectivity index (χ3n) is 5.46. The predicted molar refractivity (Wildman–Crippen MR) is 131 cm³/mol. The van der Waals surface area contributed by atoms with Crippen molar-refractivity contribution < 1.29 is 32.4 Å². The Bertz CT molecular complexity index is 1140. The number of rotatable bonds is 11. The van der Waals surface area contributed by atoms with Gasteiger partial charge < -0.3 is 25.0 Å². The molecule has 2 amide bonds. The molecule has 1 unspecified atom stereocenters. The van der Waals surface area contributed by atoms with Crippen LogP contribution in [0.1, 0.15) is 76.3 Å². The van der Waals surface area contributed by atoms with Crippen LogP contribution in [0.5, 0.6) is 0 Å². The standard InChI is InChI=1S/C24H34N4O7S/c1-5-17(19(29)22-27-20(28-35-22)16-11-12-16)25-21(30)18(26-23(31)34-24(2,3)4)14-36(32,33)13-15-9-7-6-8-10-15/h6-10,16-19,29H,5,11-14H2,1-4H3,(H,25,30)(H,26,31)/t17-,18-,19?/m0/s1. The summed E-state index contributed by atoms with van der Waals surface area (Å²) in [5, 5.41) is 19.6. The lowest BCUT2D eigenvalue weighted by atomic mass is 10.1. The second-order valence-electron chi connectivity index (χ2n) is 9.97. The van der Waals surface area contributed by atoms with Crippen LogP contribution >= 0.6 is 0 Å². The maximum Gasteiger partial charge on any atom is 0.408 e.